The number of carbonyl (C=O) groups excluding carboxylic acids is 1. The van der Waals surface area contributed by atoms with Crippen molar-refractivity contribution in [2.45, 2.75) is 38.2 Å². The summed E-state index contributed by atoms with van der Waals surface area (Å²) in [6.07, 6.45) is -0.173. The number of ether oxygens (including phenoxy) is 1. The zero-order valence-electron chi connectivity index (χ0n) is 11.1. The Bertz CT molecular complexity index is 243. The number of amides is 1. The van der Waals surface area contributed by atoms with E-state index in [1.807, 2.05) is 25.7 Å². The Morgan fingerprint density at radius 2 is 1.75 bits per heavy atom. The Morgan fingerprint density at radius 3 is 2.12 bits per heavy atom. The topological polar surface area (TPSA) is 32.8 Å². The Balaban J connectivity index is 2.39. The molecular weight excluding hydrogens is 219 g/mol. The summed E-state index contributed by atoms with van der Waals surface area (Å²) in [6.45, 7) is 11.5. The highest BCUT2D eigenvalue weighted by atomic mass is 27.0. The predicted octanol–water partition coefficient (Wildman–Crippen LogP) is 0.518. The molecule has 4 nitrogen and oxygen atoms in total. The van der Waals surface area contributed by atoms with Crippen molar-refractivity contribution in [1.29, 1.82) is 0 Å². The standard InChI is InChI=1S/C11H21N2O2.Al.2H/c1-5-12-6-8-13(9-7-12)10(14)15-11(2,3)4;;;/h5H,6-9H2,1-4H3;;;. The molecule has 0 N–H and O–H groups in total. The van der Waals surface area contributed by atoms with E-state index < -0.39 is 0 Å². The summed E-state index contributed by atoms with van der Waals surface area (Å²) in [7, 11) is 0. The van der Waals surface area contributed by atoms with Gasteiger partial charge in [-0.05, 0) is 25.7 Å². The van der Waals surface area contributed by atoms with Crippen LogP contribution in [0.15, 0.2) is 0 Å². The molecule has 0 aromatic rings. The second-order valence-corrected chi connectivity index (χ2v) is 7.27. The van der Waals surface area contributed by atoms with E-state index in [2.05, 4.69) is 11.8 Å². The van der Waals surface area contributed by atoms with Crippen LogP contribution in [0.3, 0.4) is 0 Å². The molecule has 92 valence electrons. The molecule has 1 unspecified atom stereocenters. The Labute approximate surface area is 106 Å². The van der Waals surface area contributed by atoms with Gasteiger partial charge in [0.1, 0.15) is 5.60 Å². The van der Waals surface area contributed by atoms with E-state index in [4.69, 9.17) is 4.74 Å². The van der Waals surface area contributed by atoms with Crippen molar-refractivity contribution < 1.29 is 9.53 Å². The van der Waals surface area contributed by atoms with E-state index in [9.17, 15) is 4.79 Å². The third kappa shape index (κ3) is 4.33. The molecule has 16 heavy (non-hydrogen) atoms. The molecule has 1 aliphatic rings. The SMILES string of the molecule is C[CH]([AlH2])N1CCN(C(=O)OC(C)(C)C)CC1. The van der Waals surface area contributed by atoms with Crippen LogP contribution in [0.1, 0.15) is 27.7 Å². The maximum absolute atomic E-state index is 11.8. The van der Waals surface area contributed by atoms with Gasteiger partial charge >= 0.3 is 6.09 Å². The Hall–Kier alpha value is -0.238. The van der Waals surface area contributed by atoms with Crippen LogP contribution in [-0.2, 0) is 4.74 Å². The number of rotatable bonds is 1. The summed E-state index contributed by atoms with van der Waals surface area (Å²) in [5.41, 5.74) is -0.390. The molecule has 0 bridgehead atoms. The molecule has 1 amide bonds. The van der Waals surface area contributed by atoms with Crippen molar-refractivity contribution in [3.63, 3.8) is 0 Å². The highest BCUT2D eigenvalue weighted by Gasteiger charge is 2.26. The molecule has 0 aliphatic carbocycles. The van der Waals surface area contributed by atoms with Crippen molar-refractivity contribution in [3.8, 4) is 0 Å². The first kappa shape index (κ1) is 13.8. The molecule has 0 aromatic carbocycles. The summed E-state index contributed by atoms with van der Waals surface area (Å²) < 4.78 is 5.35. The number of nitrogens with zero attached hydrogens (tertiary/aromatic N) is 2. The Morgan fingerprint density at radius 1 is 1.25 bits per heavy atom. The van der Waals surface area contributed by atoms with E-state index in [0.29, 0.717) is 4.90 Å². The zero-order valence-corrected chi connectivity index (χ0v) is 13.1. The maximum Gasteiger partial charge on any atom is 0.410 e. The molecule has 0 spiro atoms. The normalized spacial score (nSPS) is 20.6. The van der Waals surface area contributed by atoms with Crippen molar-refractivity contribution in [3.05, 3.63) is 0 Å². The largest absolute Gasteiger partial charge is 0.444 e. The van der Waals surface area contributed by atoms with Gasteiger partial charge in [0.15, 0.2) is 0 Å². The van der Waals surface area contributed by atoms with E-state index in [1.54, 1.807) is 0 Å². The van der Waals surface area contributed by atoms with Crippen LogP contribution in [-0.4, -0.2) is 68.9 Å². The fraction of sp³-hybridized carbons (Fsp3) is 0.909. The Kier molecular flexibility index (Phi) is 4.66. The van der Waals surface area contributed by atoms with Crippen LogP contribution >= 0.6 is 0 Å². The minimum Gasteiger partial charge on any atom is -0.444 e. The van der Waals surface area contributed by atoms with E-state index >= 15 is 0 Å². The van der Waals surface area contributed by atoms with Crippen LogP contribution in [0.2, 0.25) is 0 Å². The number of hydrogen-bond acceptors (Lipinski definition) is 3. The van der Waals surface area contributed by atoms with Crippen LogP contribution in [0.4, 0.5) is 4.79 Å². The van der Waals surface area contributed by atoms with Crippen LogP contribution in [0.25, 0.3) is 0 Å². The van der Waals surface area contributed by atoms with Gasteiger partial charge in [0.05, 0.1) is 0 Å². The fourth-order valence-electron chi connectivity index (χ4n) is 1.75. The smallest absolute Gasteiger partial charge is 0.410 e. The summed E-state index contributed by atoms with van der Waals surface area (Å²) >= 11 is 1.18. The minimum absolute atomic E-state index is 0.173. The van der Waals surface area contributed by atoms with Gasteiger partial charge in [0, 0.05) is 26.2 Å². The van der Waals surface area contributed by atoms with Gasteiger partial charge in [-0.25, -0.2) is 4.79 Å². The highest BCUT2D eigenvalue weighted by Crippen LogP contribution is 2.12. The monoisotopic (exact) mass is 242 g/mol. The number of carbonyl (C=O) groups is 1. The second-order valence-electron chi connectivity index (χ2n) is 5.60. The first-order valence-electron chi connectivity index (χ1n) is 6.01. The van der Waals surface area contributed by atoms with Crippen LogP contribution in [0, 0.1) is 0 Å². The maximum atomic E-state index is 11.8. The van der Waals surface area contributed by atoms with Gasteiger partial charge < -0.3 is 14.5 Å². The molecule has 1 heterocycles. The number of piperazine rings is 1. The first-order chi connectivity index (χ1) is 7.29. The van der Waals surface area contributed by atoms with Crippen LogP contribution in [0.5, 0.6) is 0 Å². The molecule has 5 heteroatoms. The highest BCUT2D eigenvalue weighted by molar-refractivity contribution is 6.11. The van der Waals surface area contributed by atoms with Crippen molar-refractivity contribution in [1.82, 2.24) is 9.80 Å². The number of hydrogen-bond donors (Lipinski definition) is 0. The second kappa shape index (κ2) is 5.40. The van der Waals surface area contributed by atoms with Crippen molar-refractivity contribution >= 4 is 22.4 Å². The minimum atomic E-state index is -0.390. The van der Waals surface area contributed by atoms with Gasteiger partial charge in [-0.15, -0.1) is 0 Å². The van der Waals surface area contributed by atoms with Gasteiger partial charge in [0.2, 0.25) is 16.3 Å². The quantitative estimate of drug-likeness (QED) is 0.628. The molecule has 1 fully saturated rings. The van der Waals surface area contributed by atoms with E-state index in [-0.39, 0.29) is 11.7 Å². The average molecular weight is 242 g/mol. The summed E-state index contributed by atoms with van der Waals surface area (Å²) in [5.74, 6) is 0. The molecule has 1 aliphatic heterocycles. The third-order valence-electron chi connectivity index (χ3n) is 2.70. The van der Waals surface area contributed by atoms with E-state index in [1.165, 1.54) is 16.3 Å². The molecule has 1 atom stereocenters. The van der Waals surface area contributed by atoms with Gasteiger partial charge in [-0.2, -0.15) is 0 Å². The first-order valence-corrected chi connectivity index (χ1v) is 7.17. The summed E-state index contributed by atoms with van der Waals surface area (Å²) in [6, 6.07) is 0. The van der Waals surface area contributed by atoms with Crippen molar-refractivity contribution in [2.75, 3.05) is 26.2 Å². The predicted molar refractivity (Wildman–Crippen MR) is 67.4 cm³/mol. The lowest BCUT2D eigenvalue weighted by molar-refractivity contribution is 0.0138. The molecule has 1 rings (SSSR count). The average Bonchev–Trinajstić information content (AvgIpc) is 2.15. The molecule has 0 saturated carbocycles. The molecular formula is C11H23AlN2O2. The lowest BCUT2D eigenvalue weighted by Crippen LogP contribution is -2.52. The third-order valence-corrected chi connectivity index (χ3v) is 3.43. The van der Waals surface area contributed by atoms with E-state index in [0.717, 1.165) is 26.2 Å². The zero-order chi connectivity index (χ0) is 12.3. The van der Waals surface area contributed by atoms with Gasteiger partial charge in [-0.3, -0.25) is 0 Å². The molecule has 0 radical (unpaired) electrons. The molecule has 1 saturated heterocycles. The lowest BCUT2D eigenvalue weighted by atomic mass is 10.2. The summed E-state index contributed by atoms with van der Waals surface area (Å²) in [5, 5.41) is 0. The van der Waals surface area contributed by atoms with Crippen molar-refractivity contribution in [2.24, 2.45) is 0 Å². The molecule has 0 aromatic heterocycles. The lowest BCUT2D eigenvalue weighted by Gasteiger charge is -2.37. The van der Waals surface area contributed by atoms with Gasteiger partial charge in [-0.1, -0.05) is 6.92 Å². The van der Waals surface area contributed by atoms with Gasteiger partial charge in [0.25, 0.3) is 0 Å². The summed E-state index contributed by atoms with van der Waals surface area (Å²) in [4.78, 5) is 16.7. The van der Waals surface area contributed by atoms with Crippen LogP contribution < -0.4 is 0 Å². The fourth-order valence-corrected chi connectivity index (χ4v) is 2.26.